The van der Waals surface area contributed by atoms with Crippen molar-refractivity contribution >= 4 is 47.6 Å². The van der Waals surface area contributed by atoms with E-state index in [1.807, 2.05) is 0 Å². The average Bonchev–Trinajstić information content (AvgIpc) is 2.52. The molecule has 1 aromatic heterocycles. The molecular weight excluding hydrogens is 343 g/mol. The molecule has 23 heavy (non-hydrogen) atoms. The Bertz CT molecular complexity index is 595. The first-order chi connectivity index (χ1) is 10.4. The number of ketones is 1. The number of hydrogen-bond donors (Lipinski definition) is 2. The molecule has 0 bridgehead atoms. The summed E-state index contributed by atoms with van der Waals surface area (Å²) in [5.74, 6) is -0.871. The zero-order chi connectivity index (χ0) is 16.8. The van der Waals surface area contributed by atoms with Crippen LogP contribution in [0.1, 0.15) is 36.3 Å². The summed E-state index contributed by atoms with van der Waals surface area (Å²) in [5.41, 5.74) is 5.68. The molecule has 0 fully saturated rings. The molecule has 128 valence electrons. The van der Waals surface area contributed by atoms with E-state index in [0.717, 1.165) is 0 Å². The Kier molecular flexibility index (Phi) is 8.56. The highest BCUT2D eigenvalue weighted by atomic mass is 35.5. The van der Waals surface area contributed by atoms with E-state index in [1.54, 1.807) is 13.8 Å². The third-order valence-corrected chi connectivity index (χ3v) is 3.57. The number of pyridine rings is 1. The normalized spacial score (nSPS) is 13.0. The van der Waals surface area contributed by atoms with Crippen LogP contribution in [-0.2, 0) is 9.63 Å². The SMILES string of the molecule is CCC(C)(NC(=O)c1cnc(/C=N/OC)c(N)c1)C(=O)CCl.Cl. The molecule has 1 unspecified atom stereocenters. The van der Waals surface area contributed by atoms with Crippen molar-refractivity contribution in [3.05, 3.63) is 23.5 Å². The maximum atomic E-state index is 12.3. The van der Waals surface area contributed by atoms with Crippen LogP contribution in [0.2, 0.25) is 0 Å². The average molecular weight is 363 g/mol. The summed E-state index contributed by atoms with van der Waals surface area (Å²) < 4.78 is 0. The second kappa shape index (κ2) is 9.32. The number of amides is 1. The molecule has 0 aliphatic carbocycles. The summed E-state index contributed by atoms with van der Waals surface area (Å²) in [4.78, 5) is 32.7. The van der Waals surface area contributed by atoms with E-state index in [-0.39, 0.29) is 35.3 Å². The van der Waals surface area contributed by atoms with Crippen molar-refractivity contribution in [2.45, 2.75) is 25.8 Å². The highest BCUT2D eigenvalue weighted by Gasteiger charge is 2.32. The van der Waals surface area contributed by atoms with Crippen LogP contribution in [0.5, 0.6) is 0 Å². The summed E-state index contributed by atoms with van der Waals surface area (Å²) in [5, 5.41) is 6.23. The Morgan fingerprint density at radius 1 is 1.57 bits per heavy atom. The molecule has 9 heteroatoms. The van der Waals surface area contributed by atoms with E-state index in [4.69, 9.17) is 17.3 Å². The van der Waals surface area contributed by atoms with Crippen LogP contribution in [-0.4, -0.2) is 41.4 Å². The van der Waals surface area contributed by atoms with Gasteiger partial charge in [0.2, 0.25) is 0 Å². The number of nitrogens with one attached hydrogen (secondary N) is 1. The Labute approximate surface area is 146 Å². The molecule has 0 spiro atoms. The van der Waals surface area contributed by atoms with Crippen LogP contribution in [0.3, 0.4) is 0 Å². The van der Waals surface area contributed by atoms with Crippen LogP contribution in [0, 0.1) is 0 Å². The second-order valence-corrected chi connectivity index (χ2v) is 5.08. The summed E-state index contributed by atoms with van der Waals surface area (Å²) in [6.45, 7) is 3.42. The minimum Gasteiger partial charge on any atom is -0.399 e. The molecule has 1 heterocycles. The monoisotopic (exact) mass is 362 g/mol. The van der Waals surface area contributed by atoms with Gasteiger partial charge in [-0.2, -0.15) is 0 Å². The van der Waals surface area contributed by atoms with Crippen molar-refractivity contribution in [1.29, 1.82) is 0 Å². The van der Waals surface area contributed by atoms with Crippen molar-refractivity contribution in [2.75, 3.05) is 18.7 Å². The van der Waals surface area contributed by atoms with E-state index in [0.29, 0.717) is 12.1 Å². The number of nitrogens with two attached hydrogens (primary N) is 1. The molecule has 0 aromatic carbocycles. The Morgan fingerprint density at radius 3 is 2.70 bits per heavy atom. The number of alkyl halides is 1. The minimum atomic E-state index is -1.02. The predicted molar refractivity (Wildman–Crippen MR) is 92.4 cm³/mol. The quantitative estimate of drug-likeness (QED) is 0.436. The van der Waals surface area contributed by atoms with Crippen LogP contribution in [0.25, 0.3) is 0 Å². The van der Waals surface area contributed by atoms with Gasteiger partial charge in [0.1, 0.15) is 12.8 Å². The van der Waals surface area contributed by atoms with Crippen molar-refractivity contribution in [3.8, 4) is 0 Å². The summed E-state index contributed by atoms with van der Waals surface area (Å²) >= 11 is 5.58. The van der Waals surface area contributed by atoms with Gasteiger partial charge in [-0.25, -0.2) is 0 Å². The van der Waals surface area contributed by atoms with Gasteiger partial charge in [0.15, 0.2) is 5.78 Å². The van der Waals surface area contributed by atoms with Gasteiger partial charge in [-0.1, -0.05) is 12.1 Å². The van der Waals surface area contributed by atoms with Gasteiger partial charge in [0.05, 0.1) is 28.9 Å². The molecular formula is C14H20Cl2N4O3. The minimum absolute atomic E-state index is 0. The van der Waals surface area contributed by atoms with Crippen LogP contribution in [0.15, 0.2) is 17.4 Å². The van der Waals surface area contributed by atoms with Gasteiger partial charge < -0.3 is 15.9 Å². The van der Waals surface area contributed by atoms with Gasteiger partial charge in [0, 0.05) is 6.20 Å². The molecule has 1 rings (SSSR count). The number of hydrogen-bond acceptors (Lipinski definition) is 6. The molecule has 1 amide bonds. The number of oxime groups is 1. The lowest BCUT2D eigenvalue weighted by atomic mass is 9.93. The first-order valence-electron chi connectivity index (χ1n) is 6.61. The van der Waals surface area contributed by atoms with Crippen molar-refractivity contribution in [3.63, 3.8) is 0 Å². The number of Topliss-reactive ketones (excluding diaryl/α,β-unsaturated/α-hetero) is 1. The lowest BCUT2D eigenvalue weighted by Gasteiger charge is -2.27. The van der Waals surface area contributed by atoms with E-state index >= 15 is 0 Å². The number of anilines is 1. The van der Waals surface area contributed by atoms with Crippen molar-refractivity contribution in [1.82, 2.24) is 10.3 Å². The third-order valence-electron chi connectivity index (χ3n) is 3.33. The molecule has 0 saturated heterocycles. The first kappa shape index (κ1) is 21.1. The van der Waals surface area contributed by atoms with E-state index in [9.17, 15) is 9.59 Å². The summed E-state index contributed by atoms with van der Waals surface area (Å²) in [7, 11) is 1.40. The smallest absolute Gasteiger partial charge is 0.253 e. The van der Waals surface area contributed by atoms with Crippen LogP contribution < -0.4 is 11.1 Å². The number of carbonyl (C=O) groups excluding carboxylic acids is 2. The predicted octanol–water partition coefficient (Wildman–Crippen LogP) is 1.77. The fourth-order valence-electron chi connectivity index (χ4n) is 1.65. The standard InChI is InChI=1S/C14H19ClN4O3.ClH/c1-4-14(2,12(20)6-15)19-13(21)9-5-10(16)11(17-7-9)8-18-22-3;/h5,7-8H,4,6,16H2,1-3H3,(H,19,21);1H/b18-8+;. The van der Waals surface area contributed by atoms with Gasteiger partial charge in [0.25, 0.3) is 5.91 Å². The zero-order valence-electron chi connectivity index (χ0n) is 13.1. The lowest BCUT2D eigenvalue weighted by molar-refractivity contribution is -0.122. The maximum absolute atomic E-state index is 12.3. The molecule has 1 atom stereocenters. The number of rotatable bonds is 7. The fraction of sp³-hybridized carbons (Fsp3) is 0.429. The summed E-state index contributed by atoms with van der Waals surface area (Å²) in [6, 6.07) is 1.46. The number of carbonyl (C=O) groups is 2. The molecule has 0 aliphatic rings. The largest absolute Gasteiger partial charge is 0.399 e. The highest BCUT2D eigenvalue weighted by Crippen LogP contribution is 2.15. The van der Waals surface area contributed by atoms with Crippen molar-refractivity contribution < 1.29 is 14.4 Å². The molecule has 1 aromatic rings. The van der Waals surface area contributed by atoms with Crippen molar-refractivity contribution in [2.24, 2.45) is 5.16 Å². The van der Waals surface area contributed by atoms with Gasteiger partial charge >= 0.3 is 0 Å². The van der Waals surface area contributed by atoms with Gasteiger partial charge in [-0.15, -0.1) is 24.0 Å². The Balaban J connectivity index is 0.00000484. The van der Waals surface area contributed by atoms with Crippen LogP contribution in [0.4, 0.5) is 5.69 Å². The second-order valence-electron chi connectivity index (χ2n) is 4.81. The lowest BCUT2D eigenvalue weighted by Crippen LogP contribution is -2.52. The third kappa shape index (κ3) is 5.37. The Hall–Kier alpha value is -1.86. The molecule has 7 nitrogen and oxygen atoms in total. The molecule has 0 aliphatic heterocycles. The zero-order valence-corrected chi connectivity index (χ0v) is 14.7. The number of nitrogen functional groups attached to an aromatic ring is 1. The fourth-order valence-corrected chi connectivity index (χ4v) is 1.95. The van der Waals surface area contributed by atoms with E-state index in [1.165, 1.54) is 25.6 Å². The number of aromatic nitrogens is 1. The maximum Gasteiger partial charge on any atom is 0.253 e. The first-order valence-corrected chi connectivity index (χ1v) is 7.15. The number of halogens is 2. The van der Waals surface area contributed by atoms with E-state index < -0.39 is 11.4 Å². The van der Waals surface area contributed by atoms with Gasteiger partial charge in [-0.3, -0.25) is 14.6 Å². The topological polar surface area (TPSA) is 107 Å². The summed E-state index contributed by atoms with van der Waals surface area (Å²) in [6.07, 6.45) is 3.11. The molecule has 0 saturated carbocycles. The highest BCUT2D eigenvalue weighted by molar-refractivity contribution is 6.29. The number of nitrogens with zero attached hydrogens (tertiary/aromatic N) is 2. The molecule has 0 radical (unpaired) electrons. The molecule has 3 N–H and O–H groups in total. The van der Waals surface area contributed by atoms with Gasteiger partial charge in [-0.05, 0) is 19.4 Å². The van der Waals surface area contributed by atoms with E-state index in [2.05, 4.69) is 20.3 Å². The Morgan fingerprint density at radius 2 is 2.22 bits per heavy atom. The van der Waals surface area contributed by atoms with Crippen LogP contribution >= 0.6 is 24.0 Å².